The number of hydrogen-bond donors (Lipinski definition) is 2. The summed E-state index contributed by atoms with van der Waals surface area (Å²) in [5.41, 5.74) is 5.41. The molecular formula is C22H32N5P. The van der Waals surface area contributed by atoms with Gasteiger partial charge >= 0.3 is 0 Å². The molecule has 2 heterocycles. The van der Waals surface area contributed by atoms with Gasteiger partial charge in [0.05, 0.1) is 11.9 Å². The molecule has 2 N–H and O–H groups in total. The van der Waals surface area contributed by atoms with Gasteiger partial charge in [0.1, 0.15) is 5.69 Å². The summed E-state index contributed by atoms with van der Waals surface area (Å²) < 4.78 is 0. The van der Waals surface area contributed by atoms with Crippen molar-refractivity contribution >= 4 is 19.9 Å². The van der Waals surface area contributed by atoms with Crippen molar-refractivity contribution in [2.24, 2.45) is 4.99 Å². The topological polar surface area (TPSA) is 69.7 Å². The quantitative estimate of drug-likeness (QED) is 0.518. The second-order valence-electron chi connectivity index (χ2n) is 6.03. The minimum Gasteiger partial charge on any atom is -0.340 e. The van der Waals surface area contributed by atoms with Crippen molar-refractivity contribution in [1.82, 2.24) is 20.2 Å². The van der Waals surface area contributed by atoms with Crippen LogP contribution in [0.5, 0.6) is 0 Å². The summed E-state index contributed by atoms with van der Waals surface area (Å²) in [4.78, 5) is 12.1. The summed E-state index contributed by atoms with van der Waals surface area (Å²) in [5.74, 6) is 0.883. The lowest BCUT2D eigenvalue weighted by Crippen LogP contribution is -1.99. The predicted octanol–water partition coefficient (Wildman–Crippen LogP) is 5.66. The summed E-state index contributed by atoms with van der Waals surface area (Å²) in [6.45, 7) is 11.9. The van der Waals surface area contributed by atoms with Gasteiger partial charge in [-0.1, -0.05) is 44.2 Å². The Morgan fingerprint density at radius 1 is 1.18 bits per heavy atom. The number of H-pyrrole nitrogens is 2. The molecule has 0 atom stereocenters. The first-order chi connectivity index (χ1) is 13.5. The molecule has 0 fully saturated rings. The van der Waals surface area contributed by atoms with Crippen LogP contribution in [-0.4, -0.2) is 31.2 Å². The van der Waals surface area contributed by atoms with E-state index in [9.17, 15) is 0 Å². The minimum atomic E-state index is 0.878. The second kappa shape index (κ2) is 12.8. The van der Waals surface area contributed by atoms with Gasteiger partial charge in [-0.3, -0.25) is 10.1 Å². The molecule has 0 aromatic carbocycles. The van der Waals surface area contributed by atoms with E-state index in [-0.39, 0.29) is 0 Å². The molecule has 0 bridgehead atoms. The van der Waals surface area contributed by atoms with Crippen LogP contribution < -0.4 is 0 Å². The molecule has 0 unspecified atom stereocenters. The van der Waals surface area contributed by atoms with E-state index >= 15 is 0 Å². The van der Waals surface area contributed by atoms with Crippen molar-refractivity contribution in [3.63, 3.8) is 0 Å². The molecule has 0 radical (unpaired) electrons. The normalized spacial score (nSPS) is 14.1. The first-order valence-corrected chi connectivity index (χ1v) is 10.1. The van der Waals surface area contributed by atoms with Gasteiger partial charge in [-0.2, -0.15) is 5.10 Å². The molecule has 0 saturated carbocycles. The van der Waals surface area contributed by atoms with Crippen LogP contribution in [0.25, 0.3) is 11.5 Å². The molecule has 28 heavy (non-hydrogen) atoms. The first kappa shape index (κ1) is 23.5. The molecule has 0 amide bonds. The lowest BCUT2D eigenvalue weighted by atomic mass is 10.1. The van der Waals surface area contributed by atoms with E-state index in [0.29, 0.717) is 0 Å². The zero-order valence-electron chi connectivity index (χ0n) is 17.8. The summed E-state index contributed by atoms with van der Waals surface area (Å²) in [7, 11) is 3.37. The number of aromatic nitrogens is 4. The van der Waals surface area contributed by atoms with Gasteiger partial charge in [-0.05, 0) is 38.6 Å². The smallest absolute Gasteiger partial charge is 0.156 e. The molecule has 2 aromatic rings. The number of nitrogens with zero attached hydrogens (tertiary/aromatic N) is 3. The van der Waals surface area contributed by atoms with Crippen LogP contribution >= 0.6 is 8.86 Å². The van der Waals surface area contributed by atoms with E-state index in [4.69, 9.17) is 0 Å². The molecule has 150 valence electrons. The van der Waals surface area contributed by atoms with Crippen LogP contribution in [0, 0.1) is 6.92 Å². The fraction of sp³-hybridized carbons (Fsp3) is 0.364. The highest BCUT2D eigenvalue weighted by Gasteiger charge is 2.13. The van der Waals surface area contributed by atoms with E-state index < -0.39 is 0 Å². The molecular weight excluding hydrogens is 365 g/mol. The minimum absolute atomic E-state index is 0.878. The molecule has 0 spiro atoms. The Balaban J connectivity index is 0.000000306. The number of aryl methyl sites for hydroxylation is 1. The van der Waals surface area contributed by atoms with Gasteiger partial charge in [0.15, 0.2) is 5.82 Å². The van der Waals surface area contributed by atoms with Crippen LogP contribution in [0.1, 0.15) is 51.6 Å². The molecule has 5 nitrogen and oxygen atoms in total. The van der Waals surface area contributed by atoms with Crippen LogP contribution in [0.2, 0.25) is 0 Å². The molecule has 3 rings (SSSR count). The second-order valence-corrected chi connectivity index (χ2v) is 6.78. The molecule has 0 saturated heterocycles. The summed E-state index contributed by atoms with van der Waals surface area (Å²) in [6, 6.07) is 0. The SMILES string of the molecule is C/C=C\N=C(C)C(C)=P.CC.Cc1cn[nH]c1-c1nc2c([nH]1)CC=C/C=C\C2. The number of hydrogen-bond acceptors (Lipinski definition) is 3. The Labute approximate surface area is 171 Å². The van der Waals surface area contributed by atoms with E-state index in [1.54, 1.807) is 6.20 Å². The summed E-state index contributed by atoms with van der Waals surface area (Å²) >= 11 is 0. The van der Waals surface area contributed by atoms with Crippen molar-refractivity contribution in [1.29, 1.82) is 0 Å². The fourth-order valence-corrected chi connectivity index (χ4v) is 2.36. The third-order valence-corrected chi connectivity index (χ3v) is 4.27. The lowest BCUT2D eigenvalue weighted by Gasteiger charge is -1.97. The zero-order chi connectivity index (χ0) is 20.9. The Kier molecular flexibility index (Phi) is 10.7. The molecule has 2 aromatic heterocycles. The van der Waals surface area contributed by atoms with Gasteiger partial charge in [0.25, 0.3) is 0 Å². The van der Waals surface area contributed by atoms with E-state index in [1.165, 1.54) is 5.69 Å². The number of rotatable bonds is 3. The summed E-state index contributed by atoms with van der Waals surface area (Å²) in [6.07, 6.45) is 15.7. The number of aromatic amines is 2. The lowest BCUT2D eigenvalue weighted by molar-refractivity contribution is 1.06. The molecule has 1 aliphatic rings. The highest BCUT2D eigenvalue weighted by Crippen LogP contribution is 2.20. The van der Waals surface area contributed by atoms with Gasteiger partial charge in [-0.25, -0.2) is 4.98 Å². The number of nitrogens with one attached hydrogen (secondary N) is 2. The van der Waals surface area contributed by atoms with Gasteiger partial charge < -0.3 is 4.98 Å². The van der Waals surface area contributed by atoms with Crippen molar-refractivity contribution in [2.75, 3.05) is 0 Å². The van der Waals surface area contributed by atoms with E-state index in [1.807, 2.05) is 53.8 Å². The van der Waals surface area contributed by atoms with Gasteiger partial charge in [-0.15, -0.1) is 8.86 Å². The molecule has 0 aliphatic heterocycles. The monoisotopic (exact) mass is 397 g/mol. The van der Waals surface area contributed by atoms with E-state index in [0.717, 1.165) is 46.6 Å². The third-order valence-electron chi connectivity index (χ3n) is 3.91. The van der Waals surface area contributed by atoms with Crippen molar-refractivity contribution in [3.8, 4) is 11.5 Å². The number of aliphatic imine (C=N–C) groups is 1. The van der Waals surface area contributed by atoms with Crippen LogP contribution in [0.15, 0.2) is 47.8 Å². The number of allylic oxidation sites excluding steroid dienone is 5. The van der Waals surface area contributed by atoms with Crippen molar-refractivity contribution < 1.29 is 0 Å². The standard InChI is InChI=1S/C13H14N4.C7H12NP.C2H6/c1-9-8-14-17-12(9)13-15-10-6-4-2-3-5-7-11(10)16-13;1-4-5-8-6(2)7(3)9;1-2/h2-5,8H,6-7H2,1H3,(H,14,17)(H,15,16);4-5,9H,1-3H3;1-2H3/b4-2-,5-3?;5-4-,8-6?;. The van der Waals surface area contributed by atoms with Gasteiger partial charge in [0.2, 0.25) is 0 Å². The first-order valence-electron chi connectivity index (χ1n) is 9.63. The average Bonchev–Trinajstić information content (AvgIpc) is 3.27. The maximum atomic E-state index is 4.64. The highest BCUT2D eigenvalue weighted by atomic mass is 31.0. The number of imidazole rings is 1. The predicted molar refractivity (Wildman–Crippen MR) is 125 cm³/mol. The number of fused-ring (bicyclic) bond motifs is 1. The average molecular weight is 398 g/mol. The summed E-state index contributed by atoms with van der Waals surface area (Å²) in [5, 5.41) is 8.09. The van der Waals surface area contributed by atoms with Gasteiger partial charge in [0, 0.05) is 30.4 Å². The molecule has 6 heteroatoms. The van der Waals surface area contributed by atoms with Crippen molar-refractivity contribution in [3.05, 3.63) is 59.7 Å². The maximum absolute atomic E-state index is 4.64. The van der Waals surface area contributed by atoms with Crippen LogP contribution in [-0.2, 0) is 12.8 Å². The zero-order valence-corrected chi connectivity index (χ0v) is 18.8. The van der Waals surface area contributed by atoms with E-state index in [2.05, 4.69) is 58.3 Å². The van der Waals surface area contributed by atoms with Crippen molar-refractivity contribution in [2.45, 2.75) is 54.4 Å². The van der Waals surface area contributed by atoms with Crippen LogP contribution in [0.3, 0.4) is 0 Å². The Morgan fingerprint density at radius 2 is 1.86 bits per heavy atom. The van der Waals surface area contributed by atoms with Crippen LogP contribution in [0.4, 0.5) is 0 Å². The maximum Gasteiger partial charge on any atom is 0.156 e. The largest absolute Gasteiger partial charge is 0.340 e. The highest BCUT2D eigenvalue weighted by molar-refractivity contribution is 7.25. The third kappa shape index (κ3) is 7.24. The Morgan fingerprint density at radius 3 is 2.43 bits per heavy atom. The fourth-order valence-electron chi connectivity index (χ4n) is 2.29. The molecule has 1 aliphatic carbocycles. The Hall–Kier alpha value is -2.52. The Bertz CT molecular complexity index is 834.